The highest BCUT2D eigenvalue weighted by atomic mass is 16.4. The first-order chi connectivity index (χ1) is 12.5. The van der Waals surface area contributed by atoms with Gasteiger partial charge < -0.3 is 42.7 Å². The molecule has 0 saturated heterocycles. The summed E-state index contributed by atoms with van der Waals surface area (Å²) < 4.78 is 0. The van der Waals surface area contributed by atoms with Crippen LogP contribution in [0, 0.1) is 0 Å². The standard InChI is InChI=1S/C13H21N5O9/c14-3-9(21)16-7(4-19)12(25)17-5(2-10(22)23)11(24)18-6(13(26)27)1-8(15)20/h5-7,19H,1-4,14H2,(H2,15,20)(H,16,21)(H,17,25)(H,18,24)(H,22,23)(H,26,27). The van der Waals surface area contributed by atoms with Gasteiger partial charge in [-0.3, -0.25) is 24.0 Å². The van der Waals surface area contributed by atoms with Crippen LogP contribution in [-0.2, 0) is 28.8 Å². The smallest absolute Gasteiger partial charge is 0.326 e. The number of carboxylic acids is 2. The fraction of sp³-hybridized carbons (Fsp3) is 0.538. The Morgan fingerprint density at radius 2 is 1.33 bits per heavy atom. The van der Waals surface area contributed by atoms with Crippen LogP contribution in [0.2, 0.25) is 0 Å². The molecule has 10 N–H and O–H groups in total. The number of carbonyl (C=O) groups excluding carboxylic acids is 4. The van der Waals surface area contributed by atoms with Crippen LogP contribution in [0.1, 0.15) is 12.8 Å². The molecule has 0 heterocycles. The van der Waals surface area contributed by atoms with Crippen molar-refractivity contribution in [3.63, 3.8) is 0 Å². The van der Waals surface area contributed by atoms with E-state index < -0.39 is 79.7 Å². The summed E-state index contributed by atoms with van der Waals surface area (Å²) in [5.74, 6) is -7.28. The van der Waals surface area contributed by atoms with Gasteiger partial charge in [-0.05, 0) is 0 Å². The number of nitrogens with one attached hydrogen (secondary N) is 3. The SMILES string of the molecule is NCC(=O)NC(CO)C(=O)NC(CC(=O)O)C(=O)NC(CC(N)=O)C(=O)O. The highest BCUT2D eigenvalue weighted by Gasteiger charge is 2.31. The fourth-order valence-electron chi connectivity index (χ4n) is 1.78. The first kappa shape index (κ1) is 23.7. The maximum atomic E-state index is 12.1. The van der Waals surface area contributed by atoms with Gasteiger partial charge in [0.05, 0.1) is 26.0 Å². The molecule has 3 unspecified atom stereocenters. The first-order valence-corrected chi connectivity index (χ1v) is 7.45. The average Bonchev–Trinajstić information content (AvgIpc) is 2.56. The molecule has 0 fully saturated rings. The van der Waals surface area contributed by atoms with Gasteiger partial charge in [0.15, 0.2) is 0 Å². The molecule has 3 atom stereocenters. The summed E-state index contributed by atoms with van der Waals surface area (Å²) in [6.07, 6.45) is -1.70. The van der Waals surface area contributed by atoms with E-state index >= 15 is 0 Å². The van der Waals surface area contributed by atoms with E-state index in [4.69, 9.17) is 26.8 Å². The number of hydrogen-bond donors (Lipinski definition) is 8. The van der Waals surface area contributed by atoms with E-state index in [-0.39, 0.29) is 0 Å². The molecule has 4 amide bonds. The van der Waals surface area contributed by atoms with Gasteiger partial charge in [-0.25, -0.2) is 4.79 Å². The summed E-state index contributed by atoms with van der Waals surface area (Å²) in [7, 11) is 0. The molecule has 0 spiro atoms. The van der Waals surface area contributed by atoms with Gasteiger partial charge in [-0.15, -0.1) is 0 Å². The van der Waals surface area contributed by atoms with Gasteiger partial charge in [0.1, 0.15) is 18.1 Å². The Hall–Kier alpha value is -3.26. The summed E-state index contributed by atoms with van der Waals surface area (Å²) in [5, 5.41) is 32.8. The van der Waals surface area contributed by atoms with Gasteiger partial charge in [0, 0.05) is 0 Å². The Kier molecular flexibility index (Phi) is 10.0. The van der Waals surface area contributed by atoms with Crippen LogP contribution in [0.5, 0.6) is 0 Å². The van der Waals surface area contributed by atoms with Crippen LogP contribution >= 0.6 is 0 Å². The van der Waals surface area contributed by atoms with Crippen molar-refractivity contribution in [1.82, 2.24) is 16.0 Å². The highest BCUT2D eigenvalue weighted by molar-refractivity contribution is 5.96. The zero-order valence-corrected chi connectivity index (χ0v) is 14.0. The van der Waals surface area contributed by atoms with Crippen LogP contribution in [0.15, 0.2) is 0 Å². The third-order valence-corrected chi connectivity index (χ3v) is 3.05. The highest BCUT2D eigenvalue weighted by Crippen LogP contribution is 1.99. The second-order valence-electron chi connectivity index (χ2n) is 5.24. The Morgan fingerprint density at radius 3 is 1.74 bits per heavy atom. The molecule has 0 aliphatic carbocycles. The molecular formula is C13H21N5O9. The molecule has 0 aromatic rings. The number of rotatable bonds is 12. The topological polar surface area (TPSA) is 251 Å². The van der Waals surface area contributed by atoms with Crippen molar-refractivity contribution in [3.05, 3.63) is 0 Å². The molecule has 14 heteroatoms. The normalized spacial score (nSPS) is 13.6. The zero-order chi connectivity index (χ0) is 21.1. The van der Waals surface area contributed by atoms with E-state index in [1.54, 1.807) is 0 Å². The van der Waals surface area contributed by atoms with Crippen molar-refractivity contribution in [2.45, 2.75) is 31.0 Å². The molecule has 0 rings (SSSR count). The minimum Gasteiger partial charge on any atom is -0.481 e. The Bertz CT molecular complexity index is 609. The predicted molar refractivity (Wildman–Crippen MR) is 85.6 cm³/mol. The number of carbonyl (C=O) groups is 6. The summed E-state index contributed by atoms with van der Waals surface area (Å²) in [6.45, 7) is -1.37. The average molecular weight is 391 g/mol. The molecule has 152 valence electrons. The quantitative estimate of drug-likeness (QED) is 0.157. The molecule has 14 nitrogen and oxygen atoms in total. The maximum absolute atomic E-state index is 12.1. The van der Waals surface area contributed by atoms with Crippen molar-refractivity contribution >= 4 is 35.6 Å². The predicted octanol–water partition coefficient (Wildman–Crippen LogP) is -5.17. The number of aliphatic hydroxyl groups excluding tert-OH is 1. The van der Waals surface area contributed by atoms with Crippen molar-refractivity contribution in [3.8, 4) is 0 Å². The second kappa shape index (κ2) is 11.4. The number of hydrogen-bond acceptors (Lipinski definition) is 8. The van der Waals surface area contributed by atoms with Crippen molar-refractivity contribution < 1.29 is 44.1 Å². The third-order valence-electron chi connectivity index (χ3n) is 3.05. The van der Waals surface area contributed by atoms with Crippen molar-refractivity contribution in [2.75, 3.05) is 13.2 Å². The third kappa shape index (κ3) is 9.13. The van der Waals surface area contributed by atoms with Crippen molar-refractivity contribution in [1.29, 1.82) is 0 Å². The lowest BCUT2D eigenvalue weighted by Gasteiger charge is -2.22. The molecule has 0 radical (unpaired) electrons. The van der Waals surface area contributed by atoms with Gasteiger partial charge >= 0.3 is 11.9 Å². The number of aliphatic carboxylic acids is 2. The molecule has 0 aliphatic rings. The zero-order valence-electron chi connectivity index (χ0n) is 14.0. The van der Waals surface area contributed by atoms with Gasteiger partial charge in [-0.1, -0.05) is 0 Å². The number of carboxylic acid groups (broad SMARTS) is 2. The molecule has 0 aromatic heterocycles. The Balaban J connectivity index is 5.23. The van der Waals surface area contributed by atoms with E-state index in [9.17, 15) is 28.8 Å². The number of amides is 4. The molecule has 27 heavy (non-hydrogen) atoms. The van der Waals surface area contributed by atoms with Gasteiger partial charge in [0.2, 0.25) is 23.6 Å². The fourth-order valence-corrected chi connectivity index (χ4v) is 1.78. The summed E-state index contributed by atoms with van der Waals surface area (Å²) in [6, 6.07) is -5.02. The minimum absolute atomic E-state index is 0.490. The van der Waals surface area contributed by atoms with Crippen LogP contribution in [0.4, 0.5) is 0 Å². The van der Waals surface area contributed by atoms with Crippen molar-refractivity contribution in [2.24, 2.45) is 11.5 Å². The Labute approximate surface area is 152 Å². The molecule has 0 aliphatic heterocycles. The van der Waals surface area contributed by atoms with E-state index in [0.29, 0.717) is 0 Å². The lowest BCUT2D eigenvalue weighted by molar-refractivity contribution is -0.144. The lowest BCUT2D eigenvalue weighted by atomic mass is 10.1. The molecule has 0 aromatic carbocycles. The van der Waals surface area contributed by atoms with E-state index in [1.165, 1.54) is 0 Å². The largest absolute Gasteiger partial charge is 0.481 e. The van der Waals surface area contributed by atoms with Crippen LogP contribution in [0.3, 0.4) is 0 Å². The van der Waals surface area contributed by atoms with Gasteiger partial charge in [-0.2, -0.15) is 0 Å². The molecular weight excluding hydrogens is 370 g/mol. The second-order valence-corrected chi connectivity index (χ2v) is 5.24. The van der Waals surface area contributed by atoms with E-state index in [0.717, 1.165) is 0 Å². The number of nitrogens with two attached hydrogens (primary N) is 2. The summed E-state index contributed by atoms with van der Waals surface area (Å²) in [5.41, 5.74) is 9.92. The number of primary amides is 1. The van der Waals surface area contributed by atoms with Gasteiger partial charge in [0.25, 0.3) is 0 Å². The van der Waals surface area contributed by atoms with Crippen LogP contribution < -0.4 is 27.4 Å². The van der Waals surface area contributed by atoms with Crippen LogP contribution in [0.25, 0.3) is 0 Å². The lowest BCUT2D eigenvalue weighted by Crippen LogP contribution is -2.57. The summed E-state index contributed by atoms with van der Waals surface area (Å²) >= 11 is 0. The Morgan fingerprint density at radius 1 is 0.815 bits per heavy atom. The van der Waals surface area contributed by atoms with Crippen LogP contribution in [-0.4, -0.2) is 82.2 Å². The first-order valence-electron chi connectivity index (χ1n) is 7.45. The summed E-state index contributed by atoms with van der Waals surface area (Å²) in [4.78, 5) is 68.1. The van der Waals surface area contributed by atoms with E-state index in [1.807, 2.05) is 16.0 Å². The number of aliphatic hydroxyl groups is 1. The maximum Gasteiger partial charge on any atom is 0.326 e. The van der Waals surface area contributed by atoms with E-state index in [2.05, 4.69) is 0 Å². The molecule has 0 bridgehead atoms. The minimum atomic E-state index is -1.76. The molecule has 0 saturated carbocycles. The monoisotopic (exact) mass is 391 g/mol.